The van der Waals surface area contributed by atoms with Gasteiger partial charge in [0.25, 0.3) is 0 Å². The van der Waals surface area contributed by atoms with Crippen molar-refractivity contribution in [3.63, 3.8) is 0 Å². The zero-order chi connectivity index (χ0) is 29.8. The van der Waals surface area contributed by atoms with Gasteiger partial charge in [-0.3, -0.25) is 4.79 Å². The van der Waals surface area contributed by atoms with Crippen molar-refractivity contribution in [2.75, 3.05) is 37.9 Å². The van der Waals surface area contributed by atoms with E-state index in [-0.39, 0.29) is 31.6 Å². The van der Waals surface area contributed by atoms with Crippen molar-refractivity contribution in [2.24, 2.45) is 0 Å². The van der Waals surface area contributed by atoms with Gasteiger partial charge in [-0.2, -0.15) is 0 Å². The lowest BCUT2D eigenvalue weighted by atomic mass is 10.1. The number of para-hydroxylation sites is 2. The number of carbonyl (C=O) groups is 2. The number of nitrogens with one attached hydrogen (secondary N) is 1. The molecule has 0 saturated carbocycles. The molecule has 0 aliphatic heterocycles. The number of benzene rings is 3. The number of nitrogen functional groups attached to an aromatic ring is 1. The van der Waals surface area contributed by atoms with Gasteiger partial charge in [-0.15, -0.1) is 0 Å². The molecule has 0 unspecified atom stereocenters. The molecule has 0 aromatic heterocycles. The van der Waals surface area contributed by atoms with Crippen LogP contribution in [0.5, 0.6) is 0 Å². The van der Waals surface area contributed by atoms with Gasteiger partial charge in [0.05, 0.1) is 46.6 Å². The van der Waals surface area contributed by atoms with E-state index in [1.165, 1.54) is 0 Å². The van der Waals surface area contributed by atoms with Gasteiger partial charge in [0, 0.05) is 16.7 Å². The predicted molar refractivity (Wildman–Crippen MR) is 170 cm³/mol. The van der Waals surface area contributed by atoms with E-state index < -0.39 is 0 Å². The fraction of sp³-hybridized carbons (Fsp3) is 0.355. The van der Waals surface area contributed by atoms with Crippen LogP contribution in [-0.2, 0) is 27.2 Å². The summed E-state index contributed by atoms with van der Waals surface area (Å²) < 4.78 is 11.6. The lowest BCUT2D eigenvalue weighted by molar-refractivity contribution is -0.142. The van der Waals surface area contributed by atoms with E-state index in [0.717, 1.165) is 36.2 Å². The van der Waals surface area contributed by atoms with Crippen LogP contribution in [-0.4, -0.2) is 43.6 Å². The van der Waals surface area contributed by atoms with Crippen molar-refractivity contribution in [3.8, 4) is 0 Å². The number of carbonyl (C=O) groups excluding carboxylic acids is 2. The van der Waals surface area contributed by atoms with Crippen LogP contribution in [0.2, 0.25) is 10.0 Å². The van der Waals surface area contributed by atoms with Crippen LogP contribution in [0.4, 0.5) is 17.1 Å². The zero-order valence-corrected chi connectivity index (χ0v) is 26.4. The molecule has 0 spiro atoms. The monoisotopic (exact) mass is 663 g/mol. The lowest BCUT2D eigenvalue weighted by Crippen LogP contribution is -2.20. The first kappa shape index (κ1) is 32.7. The molecule has 3 aromatic carbocycles. The lowest BCUT2D eigenvalue weighted by Gasteiger charge is -2.18. The Morgan fingerprint density at radius 3 is 2.34 bits per heavy atom. The predicted octanol–water partition coefficient (Wildman–Crippen LogP) is 8.04. The molecule has 0 radical (unpaired) electrons. The van der Waals surface area contributed by atoms with E-state index >= 15 is 0 Å². The minimum atomic E-state index is -0.387. The Morgan fingerprint density at radius 1 is 0.951 bits per heavy atom. The van der Waals surface area contributed by atoms with Crippen LogP contribution in [0, 0.1) is 0 Å². The fourth-order valence-corrected chi connectivity index (χ4v) is 5.24. The van der Waals surface area contributed by atoms with Gasteiger partial charge in [0.1, 0.15) is 0 Å². The van der Waals surface area contributed by atoms with Gasteiger partial charge in [0.2, 0.25) is 0 Å². The summed E-state index contributed by atoms with van der Waals surface area (Å²) in [5.41, 5.74) is 10.3. The van der Waals surface area contributed by atoms with Crippen molar-refractivity contribution in [2.45, 2.75) is 45.6 Å². The van der Waals surface area contributed by atoms with Crippen LogP contribution in [0.15, 0.2) is 59.1 Å². The highest BCUT2D eigenvalue weighted by molar-refractivity contribution is 9.10. The molecule has 0 atom stereocenters. The van der Waals surface area contributed by atoms with Crippen LogP contribution in [0.25, 0.3) is 0 Å². The van der Waals surface area contributed by atoms with E-state index in [2.05, 4.69) is 33.1 Å². The molecule has 41 heavy (non-hydrogen) atoms. The second kappa shape index (κ2) is 16.6. The van der Waals surface area contributed by atoms with E-state index in [4.69, 9.17) is 38.4 Å². The molecule has 3 aromatic rings. The average molecular weight is 665 g/mol. The third kappa shape index (κ3) is 10.2. The van der Waals surface area contributed by atoms with Gasteiger partial charge < -0.3 is 25.4 Å². The van der Waals surface area contributed by atoms with Crippen molar-refractivity contribution in [1.29, 1.82) is 0 Å². The Labute approximate surface area is 260 Å². The molecule has 0 heterocycles. The first-order chi connectivity index (χ1) is 19.7. The summed E-state index contributed by atoms with van der Waals surface area (Å²) in [4.78, 5) is 27.3. The van der Waals surface area contributed by atoms with Crippen LogP contribution >= 0.6 is 39.1 Å². The molecule has 10 heteroatoms. The molecule has 7 nitrogen and oxygen atoms in total. The number of unbranched alkanes of at least 4 members (excludes halogenated alkanes) is 2. The maximum Gasteiger partial charge on any atom is 0.338 e. The number of hydrogen-bond donors (Lipinski definition) is 2. The summed E-state index contributed by atoms with van der Waals surface area (Å²) in [6.45, 7) is 4.27. The number of esters is 2. The highest BCUT2D eigenvalue weighted by Crippen LogP contribution is 2.33. The quantitative estimate of drug-likeness (QED) is 0.0965. The summed E-state index contributed by atoms with van der Waals surface area (Å²) in [6, 6.07) is 16.2. The van der Waals surface area contributed by atoms with E-state index in [1.807, 2.05) is 31.3 Å². The SMILES string of the molecule is CCCN(C)Cc1cc(C(=O)OCCCCCOC(=O)Cc2ccccc2Nc2c(Cl)cccc2Cl)cc(Br)c1N. The number of ether oxygens (including phenoxy) is 2. The van der Waals surface area contributed by atoms with Gasteiger partial charge in [-0.05, 0) is 96.7 Å². The summed E-state index contributed by atoms with van der Waals surface area (Å²) in [7, 11) is 2.02. The highest BCUT2D eigenvalue weighted by Gasteiger charge is 2.15. The van der Waals surface area contributed by atoms with Crippen LogP contribution in [0.1, 0.15) is 54.1 Å². The first-order valence-electron chi connectivity index (χ1n) is 13.6. The first-order valence-corrected chi connectivity index (χ1v) is 15.1. The largest absolute Gasteiger partial charge is 0.465 e. The molecule has 0 saturated heterocycles. The standard InChI is InChI=1S/C31H36BrCl2N3O4/c1-3-14-37(2)20-23-17-22(18-24(32)29(23)35)31(39)41-16-8-4-7-15-40-28(38)19-21-10-5-6-13-27(21)36-30-25(33)11-9-12-26(30)34/h5-6,9-13,17-18,36H,3-4,7-8,14-16,19-20,35H2,1-2H3. The van der Waals surface area contributed by atoms with E-state index in [1.54, 1.807) is 30.3 Å². The second-order valence-electron chi connectivity index (χ2n) is 9.74. The topological polar surface area (TPSA) is 93.9 Å². The van der Waals surface area contributed by atoms with E-state index in [9.17, 15) is 9.59 Å². The zero-order valence-electron chi connectivity index (χ0n) is 23.4. The van der Waals surface area contributed by atoms with Crippen LogP contribution in [0.3, 0.4) is 0 Å². The Kier molecular flexibility index (Phi) is 13.3. The molecule has 220 valence electrons. The van der Waals surface area contributed by atoms with Gasteiger partial charge in [0.15, 0.2) is 0 Å². The minimum Gasteiger partial charge on any atom is -0.465 e. The smallest absolute Gasteiger partial charge is 0.338 e. The summed E-state index contributed by atoms with van der Waals surface area (Å²) in [5, 5.41) is 4.20. The highest BCUT2D eigenvalue weighted by atomic mass is 79.9. The molecule has 0 amide bonds. The van der Waals surface area contributed by atoms with Crippen LogP contribution < -0.4 is 11.1 Å². The van der Waals surface area contributed by atoms with Crippen molar-refractivity contribution in [3.05, 3.63) is 85.8 Å². The van der Waals surface area contributed by atoms with Crippen molar-refractivity contribution >= 4 is 68.1 Å². The van der Waals surface area contributed by atoms with Gasteiger partial charge in [-0.1, -0.05) is 54.4 Å². The maximum atomic E-state index is 12.6. The minimum absolute atomic E-state index is 0.107. The molecule has 0 bridgehead atoms. The Hall–Kier alpha value is -2.78. The number of hydrogen-bond acceptors (Lipinski definition) is 7. The van der Waals surface area contributed by atoms with Crippen molar-refractivity contribution < 1.29 is 19.1 Å². The maximum absolute atomic E-state index is 12.6. The molecule has 0 aliphatic carbocycles. The average Bonchev–Trinajstić information content (AvgIpc) is 2.93. The van der Waals surface area contributed by atoms with E-state index in [0.29, 0.717) is 50.8 Å². The van der Waals surface area contributed by atoms with Gasteiger partial charge in [-0.25, -0.2) is 4.79 Å². The molecular formula is C31H36BrCl2N3O4. The normalized spacial score (nSPS) is 11.0. The Balaban J connectivity index is 1.39. The summed E-state index contributed by atoms with van der Waals surface area (Å²) in [6.07, 6.45) is 3.22. The molecule has 3 rings (SSSR count). The van der Waals surface area contributed by atoms with Crippen molar-refractivity contribution in [1.82, 2.24) is 4.90 Å². The summed E-state index contributed by atoms with van der Waals surface area (Å²) in [5.74, 6) is -0.716. The third-order valence-electron chi connectivity index (χ3n) is 6.36. The number of anilines is 3. The molecule has 3 N–H and O–H groups in total. The molecule has 0 fully saturated rings. The molecular weight excluding hydrogens is 629 g/mol. The Morgan fingerprint density at radius 2 is 1.63 bits per heavy atom. The number of nitrogens with two attached hydrogens (primary N) is 1. The Bertz CT molecular complexity index is 1320. The molecule has 0 aliphatic rings. The third-order valence-corrected chi connectivity index (χ3v) is 7.64. The summed E-state index contributed by atoms with van der Waals surface area (Å²) >= 11 is 16.0. The number of halogens is 3. The second-order valence-corrected chi connectivity index (χ2v) is 11.4. The fourth-order valence-electron chi connectivity index (χ4n) is 4.24. The number of rotatable bonds is 15. The number of nitrogens with zero attached hydrogens (tertiary/aromatic N) is 1. The van der Waals surface area contributed by atoms with Gasteiger partial charge >= 0.3 is 11.9 Å².